The second-order valence-electron chi connectivity index (χ2n) is 5.93. The van der Waals surface area contributed by atoms with Crippen LogP contribution in [0.2, 0.25) is 0 Å². The lowest BCUT2D eigenvalue weighted by Crippen LogP contribution is -2.40. The third-order valence-electron chi connectivity index (χ3n) is 3.74. The van der Waals surface area contributed by atoms with E-state index in [1.807, 2.05) is 0 Å². The smallest absolute Gasteiger partial charge is 0.246 e. The molecular weight excluding hydrogens is 264 g/mol. The maximum atomic E-state index is 12.2. The summed E-state index contributed by atoms with van der Waals surface area (Å²) in [5.41, 5.74) is -0.200. The van der Waals surface area contributed by atoms with E-state index in [0.29, 0.717) is 0 Å². The van der Waals surface area contributed by atoms with E-state index in [0.717, 1.165) is 25.7 Å². The van der Waals surface area contributed by atoms with Gasteiger partial charge in [0.2, 0.25) is 15.5 Å². The molecule has 1 aromatic rings. The molecule has 6 heteroatoms. The van der Waals surface area contributed by atoms with Gasteiger partial charge in [-0.3, -0.25) is 4.79 Å². The van der Waals surface area contributed by atoms with Gasteiger partial charge in [-0.15, -0.1) is 0 Å². The number of rotatable bonds is 3. The van der Waals surface area contributed by atoms with Crippen LogP contribution in [0.3, 0.4) is 0 Å². The first-order valence-corrected chi connectivity index (χ1v) is 7.98. The van der Waals surface area contributed by atoms with Gasteiger partial charge >= 0.3 is 0 Å². The average molecular weight is 284 g/mol. The Hall–Kier alpha value is -1.14. The lowest BCUT2D eigenvalue weighted by atomic mass is 9.76. The summed E-state index contributed by atoms with van der Waals surface area (Å²) in [4.78, 5) is 14.0. The molecular formula is C13H20N2O3S. The van der Waals surface area contributed by atoms with Crippen LogP contribution in [0.25, 0.3) is 0 Å². The highest BCUT2D eigenvalue weighted by Gasteiger charge is 2.30. The Morgan fingerprint density at radius 3 is 2.53 bits per heavy atom. The lowest BCUT2D eigenvalue weighted by Gasteiger charge is -2.34. The van der Waals surface area contributed by atoms with Crippen molar-refractivity contribution in [3.05, 3.63) is 28.7 Å². The molecule has 1 aliphatic carbocycles. The summed E-state index contributed by atoms with van der Waals surface area (Å²) in [5.74, 6) is 0. The van der Waals surface area contributed by atoms with Gasteiger partial charge in [-0.2, -0.15) is 0 Å². The average Bonchev–Trinajstić information content (AvgIpc) is 2.32. The maximum Gasteiger partial charge on any atom is 0.246 e. The van der Waals surface area contributed by atoms with Gasteiger partial charge in [0, 0.05) is 24.5 Å². The third kappa shape index (κ3) is 3.45. The Morgan fingerprint density at radius 2 is 1.95 bits per heavy atom. The zero-order valence-electron chi connectivity index (χ0n) is 11.3. The number of H-pyrrole nitrogens is 1. The summed E-state index contributed by atoms with van der Waals surface area (Å²) in [6, 6.07) is 1.15. The molecule has 19 heavy (non-hydrogen) atoms. The predicted octanol–water partition coefficient (Wildman–Crippen LogP) is 1.62. The molecule has 0 aromatic carbocycles. The molecule has 1 heterocycles. The highest BCUT2D eigenvalue weighted by molar-refractivity contribution is 7.89. The van der Waals surface area contributed by atoms with Crippen LogP contribution in [0, 0.1) is 5.41 Å². The Morgan fingerprint density at radius 1 is 1.32 bits per heavy atom. The first-order chi connectivity index (χ1) is 8.80. The second kappa shape index (κ2) is 5.09. The van der Waals surface area contributed by atoms with Crippen LogP contribution in [-0.4, -0.2) is 19.4 Å². The van der Waals surface area contributed by atoms with E-state index in [2.05, 4.69) is 23.6 Å². The van der Waals surface area contributed by atoms with Crippen molar-refractivity contribution >= 4 is 10.0 Å². The number of sulfonamides is 1. The molecule has 0 atom stereocenters. The minimum Gasteiger partial charge on any atom is -0.366 e. The van der Waals surface area contributed by atoms with Crippen molar-refractivity contribution in [2.45, 2.75) is 50.5 Å². The zero-order valence-corrected chi connectivity index (χ0v) is 12.1. The Labute approximate surface area is 113 Å². The molecule has 106 valence electrons. The molecule has 5 nitrogen and oxygen atoms in total. The van der Waals surface area contributed by atoms with Crippen LogP contribution >= 0.6 is 0 Å². The van der Waals surface area contributed by atoms with Crippen LogP contribution in [0.5, 0.6) is 0 Å². The fourth-order valence-corrected chi connectivity index (χ4v) is 3.77. The van der Waals surface area contributed by atoms with Crippen molar-refractivity contribution in [3.8, 4) is 0 Å². The normalized spacial score (nSPS) is 20.3. The summed E-state index contributed by atoms with van der Waals surface area (Å²) in [7, 11) is -3.72. The second-order valence-corrected chi connectivity index (χ2v) is 7.62. The minimum absolute atomic E-state index is 0.0716. The minimum atomic E-state index is -3.72. The topological polar surface area (TPSA) is 79.0 Å². The first-order valence-electron chi connectivity index (χ1n) is 6.50. The molecule has 0 saturated heterocycles. The van der Waals surface area contributed by atoms with E-state index in [4.69, 9.17) is 0 Å². The van der Waals surface area contributed by atoms with E-state index in [-0.39, 0.29) is 16.4 Å². The number of aromatic amines is 1. The molecule has 0 aliphatic heterocycles. The molecule has 1 aliphatic rings. The lowest BCUT2D eigenvalue weighted by molar-refractivity contribution is 0.218. The van der Waals surface area contributed by atoms with Crippen molar-refractivity contribution in [1.82, 2.24) is 9.71 Å². The molecule has 0 spiro atoms. The van der Waals surface area contributed by atoms with Gasteiger partial charge in [-0.1, -0.05) is 13.8 Å². The quantitative estimate of drug-likeness (QED) is 0.885. The fraction of sp³-hybridized carbons (Fsp3) is 0.615. The predicted molar refractivity (Wildman–Crippen MR) is 73.4 cm³/mol. The summed E-state index contributed by atoms with van der Waals surface area (Å²) in [6.07, 6.45) is 6.27. The van der Waals surface area contributed by atoms with Crippen LogP contribution in [-0.2, 0) is 10.0 Å². The summed E-state index contributed by atoms with van der Waals surface area (Å²) >= 11 is 0. The van der Waals surface area contributed by atoms with E-state index < -0.39 is 15.5 Å². The highest BCUT2D eigenvalue weighted by Crippen LogP contribution is 2.35. The van der Waals surface area contributed by atoms with E-state index >= 15 is 0 Å². The van der Waals surface area contributed by atoms with Gasteiger partial charge in [0.25, 0.3) is 0 Å². The maximum absolute atomic E-state index is 12.2. The zero-order chi connectivity index (χ0) is 14.1. The van der Waals surface area contributed by atoms with Crippen molar-refractivity contribution in [2.75, 3.05) is 0 Å². The summed E-state index contributed by atoms with van der Waals surface area (Å²) < 4.78 is 26.9. The number of nitrogens with one attached hydrogen (secondary N) is 2. The van der Waals surface area contributed by atoms with Crippen molar-refractivity contribution in [1.29, 1.82) is 0 Å². The van der Waals surface area contributed by atoms with Crippen LogP contribution < -0.4 is 10.2 Å². The van der Waals surface area contributed by atoms with Gasteiger partial charge in [-0.25, -0.2) is 13.1 Å². The molecule has 0 radical (unpaired) electrons. The van der Waals surface area contributed by atoms with Crippen molar-refractivity contribution in [3.63, 3.8) is 0 Å². The van der Waals surface area contributed by atoms with Crippen LogP contribution in [0.4, 0.5) is 0 Å². The number of pyridine rings is 1. The Balaban J connectivity index is 2.11. The number of hydrogen-bond donors (Lipinski definition) is 2. The van der Waals surface area contributed by atoms with Gasteiger partial charge < -0.3 is 4.98 Å². The Kier molecular flexibility index (Phi) is 3.82. The third-order valence-corrected chi connectivity index (χ3v) is 5.28. The van der Waals surface area contributed by atoms with Gasteiger partial charge in [0.15, 0.2) is 0 Å². The molecule has 2 rings (SSSR count). The molecule has 1 saturated carbocycles. The molecule has 2 N–H and O–H groups in total. The summed E-state index contributed by atoms with van der Waals surface area (Å²) in [6.45, 7) is 4.39. The molecule has 0 amide bonds. The van der Waals surface area contributed by atoms with E-state index in [1.165, 1.54) is 18.5 Å². The highest BCUT2D eigenvalue weighted by atomic mass is 32.2. The molecule has 0 bridgehead atoms. The van der Waals surface area contributed by atoms with Crippen LogP contribution in [0.1, 0.15) is 39.5 Å². The number of aromatic nitrogens is 1. The number of hydrogen-bond acceptors (Lipinski definition) is 3. The molecule has 1 fully saturated rings. The monoisotopic (exact) mass is 284 g/mol. The van der Waals surface area contributed by atoms with Gasteiger partial charge in [0.1, 0.15) is 4.90 Å². The van der Waals surface area contributed by atoms with E-state index in [1.54, 1.807) is 0 Å². The molecule has 0 unspecified atom stereocenters. The fourth-order valence-electron chi connectivity index (χ4n) is 2.41. The Bertz CT molecular complexity index is 594. The van der Waals surface area contributed by atoms with E-state index in [9.17, 15) is 13.2 Å². The SMILES string of the molecule is CC1(C)CCC(NS(=O)(=O)c2c[nH]ccc2=O)CC1. The van der Waals surface area contributed by atoms with Crippen molar-refractivity contribution in [2.24, 2.45) is 5.41 Å². The van der Waals surface area contributed by atoms with Gasteiger partial charge in [-0.05, 0) is 31.1 Å². The summed E-state index contributed by atoms with van der Waals surface area (Å²) in [5, 5.41) is 0. The first kappa shape index (κ1) is 14.3. The molecule has 1 aromatic heterocycles. The van der Waals surface area contributed by atoms with Gasteiger partial charge in [0.05, 0.1) is 0 Å². The largest absolute Gasteiger partial charge is 0.366 e. The standard InChI is InChI=1S/C13H20N2O3S/c1-13(2)6-3-10(4-7-13)15-19(17,18)12-9-14-8-5-11(12)16/h5,8-10,15H,3-4,6-7H2,1-2H3,(H,14,16). The van der Waals surface area contributed by atoms with Crippen LogP contribution in [0.15, 0.2) is 28.2 Å². The van der Waals surface area contributed by atoms with Crippen molar-refractivity contribution < 1.29 is 8.42 Å².